The van der Waals surface area contributed by atoms with Crippen LogP contribution in [0.25, 0.3) is 0 Å². The van der Waals surface area contributed by atoms with Crippen LogP contribution in [0.15, 0.2) is 0 Å². The highest BCUT2D eigenvalue weighted by molar-refractivity contribution is 7.89. The van der Waals surface area contributed by atoms with Gasteiger partial charge in [0.1, 0.15) is 6.04 Å². The summed E-state index contributed by atoms with van der Waals surface area (Å²) in [5.74, 6) is -2.14. The van der Waals surface area contributed by atoms with Crippen molar-refractivity contribution in [3.63, 3.8) is 0 Å². The van der Waals surface area contributed by atoms with Gasteiger partial charge in [0.2, 0.25) is 10.0 Å². The fourth-order valence-electron chi connectivity index (χ4n) is 2.94. The Morgan fingerprint density at radius 1 is 1.32 bits per heavy atom. The molecule has 0 aromatic carbocycles. The van der Waals surface area contributed by atoms with Crippen LogP contribution in [0.3, 0.4) is 0 Å². The smallest absolute Gasteiger partial charge is 0.321 e. The van der Waals surface area contributed by atoms with E-state index in [1.807, 2.05) is 6.92 Å². The van der Waals surface area contributed by atoms with Gasteiger partial charge in [-0.25, -0.2) is 13.1 Å². The lowest BCUT2D eigenvalue weighted by Gasteiger charge is -2.26. The Bertz CT molecular complexity index is 495. The summed E-state index contributed by atoms with van der Waals surface area (Å²) < 4.78 is 31.6. The lowest BCUT2D eigenvalue weighted by atomic mass is 9.89. The average Bonchev–Trinajstić information content (AvgIpc) is 2.91. The van der Waals surface area contributed by atoms with E-state index in [0.717, 1.165) is 19.3 Å². The molecule has 0 aromatic rings. The molecule has 22 heavy (non-hydrogen) atoms. The summed E-state index contributed by atoms with van der Waals surface area (Å²) in [4.78, 5) is 23.1. The van der Waals surface area contributed by atoms with E-state index in [-0.39, 0.29) is 6.42 Å². The molecule has 128 valence electrons. The van der Waals surface area contributed by atoms with E-state index < -0.39 is 39.2 Å². The largest absolute Gasteiger partial charge is 0.480 e. The predicted molar refractivity (Wildman–Crippen MR) is 80.8 cm³/mol. The molecule has 7 nitrogen and oxygen atoms in total. The first-order valence-corrected chi connectivity index (χ1v) is 9.23. The Kier molecular flexibility index (Phi) is 6.80. The molecule has 0 heterocycles. The van der Waals surface area contributed by atoms with Crippen molar-refractivity contribution in [2.75, 3.05) is 12.9 Å². The summed E-state index contributed by atoms with van der Waals surface area (Å²) in [6.45, 7) is 1.90. The standard InChI is InChI=1S/C14H25NO6S/c1-3-4-7-11(12(16)17)15-22(19,20)10-14(13(18)21-2)8-5-6-9-14/h11,15H,3-10H2,1-2H3,(H,16,17). The lowest BCUT2D eigenvalue weighted by Crippen LogP contribution is -2.46. The van der Waals surface area contributed by atoms with Gasteiger partial charge in [-0.3, -0.25) is 9.59 Å². The monoisotopic (exact) mass is 335 g/mol. The topological polar surface area (TPSA) is 110 Å². The van der Waals surface area contributed by atoms with E-state index in [2.05, 4.69) is 4.72 Å². The molecule has 0 amide bonds. The third-order valence-corrected chi connectivity index (χ3v) is 5.69. The number of nitrogens with one attached hydrogen (secondary N) is 1. The molecular formula is C14H25NO6S. The Labute approximate surface area is 131 Å². The minimum absolute atomic E-state index is 0.232. The number of methoxy groups -OCH3 is 1. The number of carbonyl (C=O) groups is 2. The summed E-state index contributed by atoms with van der Waals surface area (Å²) in [6, 6.07) is -1.15. The Hall–Kier alpha value is -1.15. The van der Waals surface area contributed by atoms with Crippen LogP contribution in [0.1, 0.15) is 51.9 Å². The van der Waals surface area contributed by atoms with Crippen molar-refractivity contribution in [3.8, 4) is 0 Å². The highest BCUT2D eigenvalue weighted by Gasteiger charge is 2.46. The first-order valence-electron chi connectivity index (χ1n) is 7.57. The second kappa shape index (κ2) is 7.92. The minimum atomic E-state index is -3.88. The summed E-state index contributed by atoms with van der Waals surface area (Å²) >= 11 is 0. The number of carbonyl (C=O) groups excluding carboxylic acids is 1. The summed E-state index contributed by atoms with van der Waals surface area (Å²) in [7, 11) is -2.65. The molecular weight excluding hydrogens is 310 g/mol. The van der Waals surface area contributed by atoms with E-state index in [1.165, 1.54) is 7.11 Å². The van der Waals surface area contributed by atoms with Crippen molar-refractivity contribution in [2.24, 2.45) is 5.41 Å². The Morgan fingerprint density at radius 2 is 1.91 bits per heavy atom. The maximum Gasteiger partial charge on any atom is 0.321 e. The lowest BCUT2D eigenvalue weighted by molar-refractivity contribution is -0.151. The number of hydrogen-bond acceptors (Lipinski definition) is 5. The number of aliphatic carboxylic acids is 1. The molecule has 0 spiro atoms. The zero-order chi connectivity index (χ0) is 16.8. The predicted octanol–water partition coefficient (Wildman–Crippen LogP) is 1.28. The number of sulfonamides is 1. The Morgan fingerprint density at radius 3 is 2.36 bits per heavy atom. The van der Waals surface area contributed by atoms with Crippen molar-refractivity contribution >= 4 is 22.0 Å². The number of hydrogen-bond donors (Lipinski definition) is 2. The molecule has 1 unspecified atom stereocenters. The first-order chi connectivity index (χ1) is 10.3. The van der Waals surface area contributed by atoms with Crippen LogP contribution in [0, 0.1) is 5.41 Å². The molecule has 0 bridgehead atoms. The maximum atomic E-state index is 12.3. The maximum absolute atomic E-state index is 12.3. The van der Waals surface area contributed by atoms with Crippen LogP contribution in [-0.4, -0.2) is 44.4 Å². The number of rotatable bonds is 9. The van der Waals surface area contributed by atoms with Crippen LogP contribution >= 0.6 is 0 Å². The molecule has 0 radical (unpaired) electrons. The molecule has 8 heteroatoms. The zero-order valence-corrected chi connectivity index (χ0v) is 13.9. The molecule has 1 aliphatic carbocycles. The quantitative estimate of drug-likeness (QED) is 0.614. The van der Waals surface area contributed by atoms with Crippen LogP contribution in [0.2, 0.25) is 0 Å². The molecule has 1 aliphatic rings. The fraction of sp³-hybridized carbons (Fsp3) is 0.857. The van der Waals surface area contributed by atoms with Gasteiger partial charge in [0.25, 0.3) is 0 Å². The molecule has 2 N–H and O–H groups in total. The van der Waals surface area contributed by atoms with Gasteiger partial charge in [-0.2, -0.15) is 0 Å². The van der Waals surface area contributed by atoms with Gasteiger partial charge in [-0.1, -0.05) is 32.6 Å². The normalized spacial score (nSPS) is 18.8. The van der Waals surface area contributed by atoms with Gasteiger partial charge in [0, 0.05) is 0 Å². The van der Waals surface area contributed by atoms with Gasteiger partial charge >= 0.3 is 11.9 Å². The van der Waals surface area contributed by atoms with Crippen LogP contribution in [0.4, 0.5) is 0 Å². The highest BCUT2D eigenvalue weighted by Crippen LogP contribution is 2.40. The third-order valence-electron chi connectivity index (χ3n) is 4.11. The Balaban J connectivity index is 2.84. The fourth-order valence-corrected chi connectivity index (χ4v) is 4.81. The van der Waals surface area contributed by atoms with Gasteiger partial charge in [0.15, 0.2) is 0 Å². The van der Waals surface area contributed by atoms with E-state index >= 15 is 0 Å². The van der Waals surface area contributed by atoms with E-state index in [0.29, 0.717) is 19.3 Å². The van der Waals surface area contributed by atoms with Crippen molar-refractivity contribution in [3.05, 3.63) is 0 Å². The number of esters is 1. The third kappa shape index (κ3) is 4.95. The molecule has 1 rings (SSSR count). The van der Waals surface area contributed by atoms with Gasteiger partial charge in [0.05, 0.1) is 18.3 Å². The van der Waals surface area contributed by atoms with Crippen LogP contribution in [-0.2, 0) is 24.3 Å². The van der Waals surface area contributed by atoms with E-state index in [9.17, 15) is 18.0 Å². The van der Waals surface area contributed by atoms with Crippen LogP contribution < -0.4 is 4.72 Å². The molecule has 1 saturated carbocycles. The molecule has 1 fully saturated rings. The molecule has 1 atom stereocenters. The minimum Gasteiger partial charge on any atom is -0.480 e. The van der Waals surface area contributed by atoms with E-state index in [1.54, 1.807) is 0 Å². The number of unbranched alkanes of at least 4 members (excludes halogenated alkanes) is 1. The second-order valence-electron chi connectivity index (χ2n) is 5.89. The number of carboxylic acid groups (broad SMARTS) is 1. The molecule has 0 saturated heterocycles. The SMILES string of the molecule is CCCCC(NS(=O)(=O)CC1(C(=O)OC)CCCC1)C(=O)O. The summed E-state index contributed by atoms with van der Waals surface area (Å²) in [5.41, 5.74) is -1.05. The van der Waals surface area contributed by atoms with Gasteiger partial charge < -0.3 is 9.84 Å². The molecule has 0 aromatic heterocycles. The summed E-state index contributed by atoms with van der Waals surface area (Å²) in [6.07, 6.45) is 4.06. The highest BCUT2D eigenvalue weighted by atomic mass is 32.2. The van der Waals surface area contributed by atoms with E-state index in [4.69, 9.17) is 9.84 Å². The van der Waals surface area contributed by atoms with Gasteiger partial charge in [-0.15, -0.1) is 0 Å². The van der Waals surface area contributed by atoms with Crippen molar-refractivity contribution in [2.45, 2.75) is 57.9 Å². The zero-order valence-electron chi connectivity index (χ0n) is 13.1. The number of carboxylic acids is 1. The van der Waals surface area contributed by atoms with Crippen molar-refractivity contribution in [1.29, 1.82) is 0 Å². The summed E-state index contributed by atoms with van der Waals surface area (Å²) in [5, 5.41) is 9.13. The van der Waals surface area contributed by atoms with Gasteiger partial charge in [-0.05, 0) is 19.3 Å². The second-order valence-corrected chi connectivity index (χ2v) is 7.64. The molecule has 0 aliphatic heterocycles. The number of ether oxygens (including phenoxy) is 1. The average molecular weight is 335 g/mol. The van der Waals surface area contributed by atoms with Crippen LogP contribution in [0.5, 0.6) is 0 Å². The van der Waals surface area contributed by atoms with Crippen molar-refractivity contribution < 1.29 is 27.9 Å². The first kappa shape index (κ1) is 18.9. The van der Waals surface area contributed by atoms with Crippen molar-refractivity contribution in [1.82, 2.24) is 4.72 Å².